The zero-order chi connectivity index (χ0) is 16.6. The van der Waals surface area contributed by atoms with E-state index in [1.54, 1.807) is 5.57 Å². The Bertz CT molecular complexity index is 666. The predicted molar refractivity (Wildman–Crippen MR) is 100 cm³/mol. The zero-order valence-corrected chi connectivity index (χ0v) is 14.4. The van der Waals surface area contributed by atoms with Crippen LogP contribution in [0.3, 0.4) is 0 Å². The number of nitrogens with zero attached hydrogens (tertiary/aromatic N) is 3. The van der Waals surface area contributed by atoms with Crippen LogP contribution in [0.1, 0.15) is 37.7 Å². The van der Waals surface area contributed by atoms with E-state index in [-0.39, 0.29) is 0 Å². The summed E-state index contributed by atoms with van der Waals surface area (Å²) in [5.41, 5.74) is 2.84. The first kappa shape index (κ1) is 16.5. The quantitative estimate of drug-likeness (QED) is 0.766. The van der Waals surface area contributed by atoms with Crippen molar-refractivity contribution in [3.63, 3.8) is 0 Å². The van der Waals surface area contributed by atoms with Crippen LogP contribution < -0.4 is 10.2 Å². The molecule has 4 heteroatoms. The maximum atomic E-state index is 4.64. The molecule has 1 heterocycles. The van der Waals surface area contributed by atoms with Gasteiger partial charge in [-0.05, 0) is 43.7 Å². The van der Waals surface area contributed by atoms with E-state index in [2.05, 4.69) is 50.5 Å². The minimum absolute atomic E-state index is 0.751. The second kappa shape index (κ2) is 8.48. The van der Waals surface area contributed by atoms with Crippen molar-refractivity contribution in [2.45, 2.75) is 38.6 Å². The monoisotopic (exact) mass is 322 g/mol. The lowest BCUT2D eigenvalue weighted by Crippen LogP contribution is -2.19. The molecule has 0 radical (unpaired) electrons. The first-order chi connectivity index (χ1) is 11.8. The van der Waals surface area contributed by atoms with Gasteiger partial charge >= 0.3 is 0 Å². The topological polar surface area (TPSA) is 41.1 Å². The Morgan fingerprint density at radius 1 is 1.12 bits per heavy atom. The van der Waals surface area contributed by atoms with Crippen molar-refractivity contribution in [2.24, 2.45) is 0 Å². The van der Waals surface area contributed by atoms with Crippen molar-refractivity contribution in [3.05, 3.63) is 59.8 Å². The highest BCUT2D eigenvalue weighted by atomic mass is 15.2. The second-order valence-corrected chi connectivity index (χ2v) is 6.37. The number of benzene rings is 1. The zero-order valence-electron chi connectivity index (χ0n) is 14.4. The second-order valence-electron chi connectivity index (χ2n) is 6.37. The van der Waals surface area contributed by atoms with E-state index < -0.39 is 0 Å². The summed E-state index contributed by atoms with van der Waals surface area (Å²) in [6, 6.07) is 12.3. The van der Waals surface area contributed by atoms with Crippen LogP contribution >= 0.6 is 0 Å². The van der Waals surface area contributed by atoms with Crippen LogP contribution in [0.25, 0.3) is 0 Å². The number of nitrogens with one attached hydrogen (secondary N) is 1. The summed E-state index contributed by atoms with van der Waals surface area (Å²) in [6.45, 7) is 1.74. The van der Waals surface area contributed by atoms with Gasteiger partial charge in [0, 0.05) is 26.3 Å². The smallest absolute Gasteiger partial charge is 0.227 e. The van der Waals surface area contributed by atoms with Gasteiger partial charge in [0.1, 0.15) is 5.82 Å². The molecule has 0 amide bonds. The first-order valence-electron chi connectivity index (χ1n) is 8.81. The fourth-order valence-corrected chi connectivity index (χ4v) is 3.04. The van der Waals surface area contributed by atoms with Gasteiger partial charge in [0.2, 0.25) is 5.95 Å². The lowest BCUT2D eigenvalue weighted by molar-refractivity contribution is 0.679. The maximum absolute atomic E-state index is 4.64. The van der Waals surface area contributed by atoms with Gasteiger partial charge in [-0.25, -0.2) is 4.98 Å². The van der Waals surface area contributed by atoms with Gasteiger partial charge in [-0.1, -0.05) is 42.0 Å². The number of hydrogen-bond acceptors (Lipinski definition) is 4. The molecule has 0 atom stereocenters. The Balaban J connectivity index is 1.54. The molecule has 0 aliphatic heterocycles. The molecule has 0 saturated heterocycles. The first-order valence-corrected chi connectivity index (χ1v) is 8.81. The van der Waals surface area contributed by atoms with Crippen LogP contribution in [0, 0.1) is 0 Å². The van der Waals surface area contributed by atoms with Gasteiger partial charge in [-0.2, -0.15) is 4.98 Å². The third-order valence-corrected chi connectivity index (χ3v) is 4.38. The maximum Gasteiger partial charge on any atom is 0.227 e. The van der Waals surface area contributed by atoms with Gasteiger partial charge < -0.3 is 10.2 Å². The number of aromatic nitrogens is 2. The molecule has 1 aromatic carbocycles. The highest BCUT2D eigenvalue weighted by Crippen LogP contribution is 2.20. The van der Waals surface area contributed by atoms with Crippen LogP contribution in [-0.2, 0) is 6.54 Å². The number of allylic oxidation sites excluding steroid dienone is 1. The summed E-state index contributed by atoms with van der Waals surface area (Å²) in [6.07, 6.45) is 10.5. The van der Waals surface area contributed by atoms with E-state index in [0.717, 1.165) is 31.3 Å². The van der Waals surface area contributed by atoms with E-state index in [1.807, 2.05) is 25.4 Å². The average Bonchev–Trinajstić information content (AvgIpc) is 2.64. The molecule has 1 aliphatic rings. The summed E-state index contributed by atoms with van der Waals surface area (Å²) in [4.78, 5) is 11.1. The van der Waals surface area contributed by atoms with E-state index >= 15 is 0 Å². The summed E-state index contributed by atoms with van der Waals surface area (Å²) in [5, 5.41) is 3.43. The molecule has 126 valence electrons. The molecule has 0 fully saturated rings. The minimum atomic E-state index is 0.751. The third kappa shape index (κ3) is 4.82. The summed E-state index contributed by atoms with van der Waals surface area (Å²) < 4.78 is 0. The van der Waals surface area contributed by atoms with Crippen LogP contribution in [0.15, 0.2) is 54.2 Å². The summed E-state index contributed by atoms with van der Waals surface area (Å²) in [7, 11) is 2.03. The molecule has 0 spiro atoms. The van der Waals surface area contributed by atoms with E-state index in [4.69, 9.17) is 0 Å². The minimum Gasteiger partial charge on any atom is -0.370 e. The number of anilines is 2. The molecule has 0 saturated carbocycles. The van der Waals surface area contributed by atoms with E-state index in [9.17, 15) is 0 Å². The molecule has 1 N–H and O–H groups in total. The van der Waals surface area contributed by atoms with Crippen LogP contribution in [0.5, 0.6) is 0 Å². The standard InChI is InChI=1S/C20H26N4/c1-24(16-18-10-6-3-7-11-18)20-22-15-13-19(23-20)21-14-12-17-8-4-2-5-9-17/h3,6-8,10-11,13,15H,2,4-5,9,12,14,16H2,1H3,(H,21,22,23). The van der Waals surface area contributed by atoms with Crippen molar-refractivity contribution < 1.29 is 0 Å². The molecule has 1 aliphatic carbocycles. The van der Waals surface area contributed by atoms with Gasteiger partial charge in [-0.15, -0.1) is 0 Å². The van der Waals surface area contributed by atoms with Crippen molar-refractivity contribution in [1.82, 2.24) is 9.97 Å². The Kier molecular flexibility index (Phi) is 5.83. The molecular formula is C20H26N4. The summed E-state index contributed by atoms with van der Waals surface area (Å²) in [5.74, 6) is 1.65. The fraction of sp³-hybridized carbons (Fsp3) is 0.400. The fourth-order valence-electron chi connectivity index (χ4n) is 3.04. The van der Waals surface area contributed by atoms with Gasteiger partial charge in [0.05, 0.1) is 0 Å². The van der Waals surface area contributed by atoms with Gasteiger partial charge in [0.25, 0.3) is 0 Å². The van der Waals surface area contributed by atoms with Crippen molar-refractivity contribution in [2.75, 3.05) is 23.8 Å². The Morgan fingerprint density at radius 2 is 2.00 bits per heavy atom. The molecule has 3 rings (SSSR count). The van der Waals surface area contributed by atoms with Crippen LogP contribution in [0.2, 0.25) is 0 Å². The predicted octanol–water partition coefficient (Wildman–Crippen LogP) is 4.42. The third-order valence-electron chi connectivity index (χ3n) is 4.38. The Labute approximate surface area is 144 Å². The van der Waals surface area contributed by atoms with E-state index in [1.165, 1.54) is 31.2 Å². The molecule has 0 unspecified atom stereocenters. The molecule has 4 nitrogen and oxygen atoms in total. The highest BCUT2D eigenvalue weighted by molar-refractivity contribution is 5.41. The highest BCUT2D eigenvalue weighted by Gasteiger charge is 2.07. The average molecular weight is 322 g/mol. The van der Waals surface area contributed by atoms with Crippen molar-refractivity contribution in [1.29, 1.82) is 0 Å². The number of hydrogen-bond donors (Lipinski definition) is 1. The lowest BCUT2D eigenvalue weighted by Gasteiger charge is -2.18. The van der Waals surface area contributed by atoms with Crippen molar-refractivity contribution in [3.8, 4) is 0 Å². The summed E-state index contributed by atoms with van der Waals surface area (Å²) >= 11 is 0. The molecule has 1 aromatic heterocycles. The Hall–Kier alpha value is -2.36. The SMILES string of the molecule is CN(Cc1ccccc1)c1nccc(NCCC2=CCCCC2)n1. The Morgan fingerprint density at radius 3 is 2.79 bits per heavy atom. The lowest BCUT2D eigenvalue weighted by atomic mass is 9.97. The molecular weight excluding hydrogens is 296 g/mol. The van der Waals surface area contributed by atoms with Gasteiger partial charge in [-0.3, -0.25) is 0 Å². The molecule has 0 bridgehead atoms. The van der Waals surface area contributed by atoms with Crippen LogP contribution in [0.4, 0.5) is 11.8 Å². The van der Waals surface area contributed by atoms with Crippen LogP contribution in [-0.4, -0.2) is 23.6 Å². The van der Waals surface area contributed by atoms with E-state index in [0.29, 0.717) is 0 Å². The number of rotatable bonds is 7. The molecule has 24 heavy (non-hydrogen) atoms. The van der Waals surface area contributed by atoms with Gasteiger partial charge in [0.15, 0.2) is 0 Å². The largest absolute Gasteiger partial charge is 0.370 e. The normalized spacial score (nSPS) is 14.1. The van der Waals surface area contributed by atoms with Crippen molar-refractivity contribution >= 4 is 11.8 Å². The molecule has 2 aromatic rings.